The topological polar surface area (TPSA) is 95.6 Å². The number of aryl methyl sites for hydroxylation is 2. The largest absolute Gasteiger partial charge is 0.348 e. The first-order valence-corrected chi connectivity index (χ1v) is 12.4. The Labute approximate surface area is 179 Å². The van der Waals surface area contributed by atoms with Crippen molar-refractivity contribution in [3.05, 3.63) is 29.3 Å². The SMILES string of the molecule is Cc1ccc(C)c(S(=O)(=O)N2CCCC[C@H]2CCNC(=O)C(=O)NC2CCCC2)c1. The van der Waals surface area contributed by atoms with Gasteiger partial charge in [-0.25, -0.2) is 8.42 Å². The van der Waals surface area contributed by atoms with Crippen LogP contribution in [-0.2, 0) is 19.6 Å². The van der Waals surface area contributed by atoms with Crippen LogP contribution >= 0.6 is 0 Å². The highest BCUT2D eigenvalue weighted by atomic mass is 32.2. The van der Waals surface area contributed by atoms with Crippen molar-refractivity contribution in [2.24, 2.45) is 0 Å². The van der Waals surface area contributed by atoms with Gasteiger partial charge in [0.25, 0.3) is 0 Å². The van der Waals surface area contributed by atoms with Gasteiger partial charge in [0.2, 0.25) is 10.0 Å². The van der Waals surface area contributed by atoms with Gasteiger partial charge >= 0.3 is 11.8 Å². The lowest BCUT2D eigenvalue weighted by molar-refractivity contribution is -0.139. The maximum Gasteiger partial charge on any atom is 0.309 e. The number of amides is 2. The van der Waals surface area contributed by atoms with Gasteiger partial charge in [-0.2, -0.15) is 4.31 Å². The van der Waals surface area contributed by atoms with Gasteiger partial charge in [0.05, 0.1) is 4.90 Å². The zero-order chi connectivity index (χ0) is 21.7. The third-order valence-electron chi connectivity index (χ3n) is 6.16. The van der Waals surface area contributed by atoms with Gasteiger partial charge < -0.3 is 10.6 Å². The molecule has 2 fully saturated rings. The van der Waals surface area contributed by atoms with E-state index in [4.69, 9.17) is 0 Å². The number of carbonyl (C=O) groups is 2. The molecule has 2 aliphatic rings. The molecule has 2 N–H and O–H groups in total. The molecule has 1 aromatic carbocycles. The molecule has 2 amide bonds. The molecule has 0 bridgehead atoms. The number of nitrogens with zero attached hydrogens (tertiary/aromatic N) is 1. The second kappa shape index (κ2) is 9.92. The maximum atomic E-state index is 13.3. The molecule has 0 spiro atoms. The number of hydrogen-bond donors (Lipinski definition) is 2. The smallest absolute Gasteiger partial charge is 0.309 e. The van der Waals surface area contributed by atoms with Crippen molar-refractivity contribution in [2.45, 2.75) is 82.2 Å². The fraction of sp³-hybridized carbons (Fsp3) is 0.636. The highest BCUT2D eigenvalue weighted by Crippen LogP contribution is 2.29. The lowest BCUT2D eigenvalue weighted by atomic mass is 10.0. The van der Waals surface area contributed by atoms with E-state index in [0.29, 0.717) is 17.9 Å². The predicted octanol–water partition coefficient (Wildman–Crippen LogP) is 2.41. The van der Waals surface area contributed by atoms with Crippen LogP contribution in [0.25, 0.3) is 0 Å². The first-order valence-electron chi connectivity index (χ1n) is 11.0. The Bertz CT molecular complexity index is 878. The second-order valence-electron chi connectivity index (χ2n) is 8.53. The number of hydrogen-bond acceptors (Lipinski definition) is 4. The van der Waals surface area contributed by atoms with Crippen LogP contribution in [0.3, 0.4) is 0 Å². The van der Waals surface area contributed by atoms with Crippen molar-refractivity contribution >= 4 is 21.8 Å². The monoisotopic (exact) mass is 435 g/mol. The summed E-state index contributed by atoms with van der Waals surface area (Å²) >= 11 is 0. The Hall–Kier alpha value is -1.93. The van der Waals surface area contributed by atoms with Gasteiger partial charge in [0.1, 0.15) is 0 Å². The summed E-state index contributed by atoms with van der Waals surface area (Å²) in [6.07, 6.45) is 7.05. The highest BCUT2D eigenvalue weighted by molar-refractivity contribution is 7.89. The molecule has 30 heavy (non-hydrogen) atoms. The number of sulfonamides is 1. The van der Waals surface area contributed by atoms with Crippen molar-refractivity contribution in [1.29, 1.82) is 0 Å². The van der Waals surface area contributed by atoms with Crippen LogP contribution in [-0.4, -0.2) is 49.7 Å². The molecular weight excluding hydrogens is 402 g/mol. The number of benzene rings is 1. The molecule has 1 atom stereocenters. The highest BCUT2D eigenvalue weighted by Gasteiger charge is 2.34. The summed E-state index contributed by atoms with van der Waals surface area (Å²) in [5, 5.41) is 5.44. The number of piperidine rings is 1. The summed E-state index contributed by atoms with van der Waals surface area (Å²) < 4.78 is 28.3. The van der Waals surface area contributed by atoms with E-state index in [0.717, 1.165) is 56.1 Å². The molecule has 1 aliphatic heterocycles. The molecule has 3 rings (SSSR count). The van der Waals surface area contributed by atoms with E-state index in [1.165, 1.54) is 0 Å². The van der Waals surface area contributed by atoms with E-state index in [2.05, 4.69) is 10.6 Å². The van der Waals surface area contributed by atoms with E-state index in [9.17, 15) is 18.0 Å². The van der Waals surface area contributed by atoms with Crippen molar-refractivity contribution in [1.82, 2.24) is 14.9 Å². The molecule has 7 nitrogen and oxygen atoms in total. The summed E-state index contributed by atoms with van der Waals surface area (Å²) in [5.74, 6) is -1.23. The van der Waals surface area contributed by atoms with Crippen molar-refractivity contribution in [3.8, 4) is 0 Å². The lowest BCUT2D eigenvalue weighted by Crippen LogP contribution is -2.47. The van der Waals surface area contributed by atoms with Crippen LogP contribution in [0.2, 0.25) is 0 Å². The molecule has 1 saturated carbocycles. The molecule has 1 saturated heterocycles. The first-order chi connectivity index (χ1) is 14.3. The average Bonchev–Trinajstić information content (AvgIpc) is 3.23. The van der Waals surface area contributed by atoms with Crippen molar-refractivity contribution < 1.29 is 18.0 Å². The Kier molecular flexibility index (Phi) is 7.52. The summed E-state index contributed by atoms with van der Waals surface area (Å²) in [5.41, 5.74) is 1.65. The van der Waals surface area contributed by atoms with E-state index in [1.54, 1.807) is 10.4 Å². The summed E-state index contributed by atoms with van der Waals surface area (Å²) in [7, 11) is -3.61. The van der Waals surface area contributed by atoms with Crippen LogP contribution in [0.4, 0.5) is 0 Å². The fourth-order valence-corrected chi connectivity index (χ4v) is 6.48. The van der Waals surface area contributed by atoms with E-state index < -0.39 is 21.8 Å². The van der Waals surface area contributed by atoms with E-state index in [1.807, 2.05) is 26.0 Å². The van der Waals surface area contributed by atoms with Gasteiger partial charge in [0.15, 0.2) is 0 Å². The Morgan fingerprint density at radius 2 is 1.73 bits per heavy atom. The van der Waals surface area contributed by atoms with Crippen molar-refractivity contribution in [2.75, 3.05) is 13.1 Å². The molecule has 1 heterocycles. The number of rotatable bonds is 6. The zero-order valence-corrected chi connectivity index (χ0v) is 18.8. The number of nitrogens with one attached hydrogen (secondary N) is 2. The van der Waals surface area contributed by atoms with Crippen LogP contribution in [0.1, 0.15) is 62.5 Å². The molecule has 0 radical (unpaired) electrons. The molecule has 8 heteroatoms. The minimum Gasteiger partial charge on any atom is -0.348 e. The molecular formula is C22H33N3O4S. The Morgan fingerprint density at radius 3 is 2.47 bits per heavy atom. The predicted molar refractivity (Wildman–Crippen MR) is 115 cm³/mol. The van der Waals surface area contributed by atoms with Gasteiger partial charge in [-0.1, -0.05) is 31.4 Å². The minimum atomic E-state index is -3.61. The normalized spacial score (nSPS) is 20.8. The van der Waals surface area contributed by atoms with Crippen LogP contribution in [0.15, 0.2) is 23.1 Å². The van der Waals surface area contributed by atoms with Gasteiger partial charge in [-0.05, 0) is 63.1 Å². The van der Waals surface area contributed by atoms with Crippen LogP contribution in [0, 0.1) is 13.8 Å². The molecule has 1 aliphatic carbocycles. The van der Waals surface area contributed by atoms with Crippen molar-refractivity contribution in [3.63, 3.8) is 0 Å². The van der Waals surface area contributed by atoms with Crippen LogP contribution < -0.4 is 10.6 Å². The zero-order valence-electron chi connectivity index (χ0n) is 17.9. The average molecular weight is 436 g/mol. The van der Waals surface area contributed by atoms with Gasteiger partial charge in [-0.3, -0.25) is 9.59 Å². The maximum absolute atomic E-state index is 13.3. The number of carbonyl (C=O) groups excluding carboxylic acids is 2. The standard InChI is InChI=1S/C22H33N3O4S/c1-16-10-11-17(2)20(15-16)30(28,29)25-14-6-5-9-19(25)12-13-23-21(26)22(27)24-18-7-3-4-8-18/h10-11,15,18-19H,3-9,12-14H2,1-2H3,(H,23,26)(H,24,27)/t19-/m0/s1. The third-order valence-corrected chi connectivity index (χ3v) is 8.26. The Balaban J connectivity index is 1.59. The van der Waals surface area contributed by atoms with Gasteiger partial charge in [0, 0.05) is 25.2 Å². The van der Waals surface area contributed by atoms with Crippen LogP contribution in [0.5, 0.6) is 0 Å². The summed E-state index contributed by atoms with van der Waals surface area (Å²) in [6, 6.07) is 5.39. The Morgan fingerprint density at radius 1 is 1.03 bits per heavy atom. The lowest BCUT2D eigenvalue weighted by Gasteiger charge is -2.35. The molecule has 0 unspecified atom stereocenters. The minimum absolute atomic E-state index is 0.0970. The summed E-state index contributed by atoms with van der Waals surface area (Å²) in [4.78, 5) is 24.5. The fourth-order valence-electron chi connectivity index (χ4n) is 4.44. The molecule has 0 aromatic heterocycles. The third kappa shape index (κ3) is 5.40. The molecule has 166 valence electrons. The second-order valence-corrected chi connectivity index (χ2v) is 10.4. The van der Waals surface area contributed by atoms with E-state index >= 15 is 0 Å². The molecule has 1 aromatic rings. The van der Waals surface area contributed by atoms with E-state index in [-0.39, 0.29) is 18.6 Å². The quantitative estimate of drug-likeness (QED) is 0.671. The first kappa shape index (κ1) is 22.7. The van der Waals surface area contributed by atoms with Gasteiger partial charge in [-0.15, -0.1) is 0 Å². The summed E-state index contributed by atoms with van der Waals surface area (Å²) in [6.45, 7) is 4.46.